The maximum atomic E-state index is 11.8. The van der Waals surface area contributed by atoms with E-state index in [4.69, 9.17) is 16.3 Å². The molecule has 2 aromatic carbocycles. The predicted molar refractivity (Wildman–Crippen MR) is 111 cm³/mol. The number of esters is 1. The minimum atomic E-state index is -0.221. The van der Waals surface area contributed by atoms with Crippen molar-refractivity contribution in [1.82, 2.24) is 4.90 Å². The fraction of sp³-hybridized carbons (Fsp3) is 0.261. The topological polar surface area (TPSA) is 29.5 Å². The summed E-state index contributed by atoms with van der Waals surface area (Å²) in [5.41, 5.74) is 4.30. The van der Waals surface area contributed by atoms with Crippen molar-refractivity contribution >= 4 is 23.1 Å². The minimum absolute atomic E-state index is 0.221. The summed E-state index contributed by atoms with van der Waals surface area (Å²) in [4.78, 5) is 14.1. The Labute approximate surface area is 165 Å². The molecule has 4 heteroatoms. The van der Waals surface area contributed by atoms with Crippen LogP contribution in [0.2, 0.25) is 5.02 Å². The molecule has 1 aliphatic rings. The lowest BCUT2D eigenvalue weighted by Crippen LogP contribution is -2.33. The lowest BCUT2D eigenvalue weighted by molar-refractivity contribution is -0.136. The molecular formula is C23H24ClNO2. The van der Waals surface area contributed by atoms with E-state index in [2.05, 4.69) is 47.4 Å². The van der Waals surface area contributed by atoms with Gasteiger partial charge in [0.15, 0.2) is 0 Å². The SMILES string of the molecule is COC(=O)C1=CCCN(CCC=C(c2ccccc2)c2ccc(Cl)cc2)C1. The van der Waals surface area contributed by atoms with E-state index < -0.39 is 0 Å². The van der Waals surface area contributed by atoms with Crippen molar-refractivity contribution in [3.63, 3.8) is 0 Å². The zero-order valence-corrected chi connectivity index (χ0v) is 16.3. The van der Waals surface area contributed by atoms with Gasteiger partial charge in [0.2, 0.25) is 0 Å². The Morgan fingerprint density at radius 3 is 2.52 bits per heavy atom. The summed E-state index contributed by atoms with van der Waals surface area (Å²) in [7, 11) is 1.43. The molecule has 0 saturated heterocycles. The molecule has 0 atom stereocenters. The highest BCUT2D eigenvalue weighted by Crippen LogP contribution is 2.25. The second kappa shape index (κ2) is 9.54. The van der Waals surface area contributed by atoms with E-state index >= 15 is 0 Å². The Morgan fingerprint density at radius 1 is 1.11 bits per heavy atom. The van der Waals surface area contributed by atoms with Crippen LogP contribution in [0.25, 0.3) is 5.57 Å². The lowest BCUT2D eigenvalue weighted by atomic mass is 9.97. The van der Waals surface area contributed by atoms with Crippen LogP contribution in [0, 0.1) is 0 Å². The van der Waals surface area contributed by atoms with Crippen molar-refractivity contribution in [2.45, 2.75) is 12.8 Å². The van der Waals surface area contributed by atoms with Crippen molar-refractivity contribution in [3.05, 3.63) is 88.5 Å². The van der Waals surface area contributed by atoms with Crippen molar-refractivity contribution < 1.29 is 9.53 Å². The third kappa shape index (κ3) is 5.31. The van der Waals surface area contributed by atoms with Crippen LogP contribution in [0.15, 0.2) is 72.3 Å². The molecule has 2 aromatic rings. The monoisotopic (exact) mass is 381 g/mol. The first-order chi connectivity index (χ1) is 13.2. The van der Waals surface area contributed by atoms with Gasteiger partial charge in [-0.05, 0) is 41.7 Å². The number of rotatable bonds is 6. The van der Waals surface area contributed by atoms with Gasteiger partial charge in [-0.3, -0.25) is 4.90 Å². The molecule has 0 fully saturated rings. The second-order valence-electron chi connectivity index (χ2n) is 6.57. The van der Waals surface area contributed by atoms with E-state index in [-0.39, 0.29) is 5.97 Å². The van der Waals surface area contributed by atoms with Crippen LogP contribution in [0.5, 0.6) is 0 Å². The quantitative estimate of drug-likeness (QED) is 0.662. The van der Waals surface area contributed by atoms with Gasteiger partial charge in [0.05, 0.1) is 7.11 Å². The van der Waals surface area contributed by atoms with E-state index in [0.717, 1.165) is 42.1 Å². The highest BCUT2D eigenvalue weighted by molar-refractivity contribution is 6.30. The number of carbonyl (C=O) groups is 1. The first kappa shape index (κ1) is 19.4. The minimum Gasteiger partial charge on any atom is -0.466 e. The molecule has 0 aliphatic carbocycles. The number of benzene rings is 2. The van der Waals surface area contributed by atoms with Crippen molar-refractivity contribution in [2.75, 3.05) is 26.7 Å². The Balaban J connectivity index is 1.72. The Kier molecular flexibility index (Phi) is 6.86. The van der Waals surface area contributed by atoms with Crippen LogP contribution in [0.4, 0.5) is 0 Å². The number of hydrogen-bond acceptors (Lipinski definition) is 3. The molecule has 0 radical (unpaired) electrons. The molecule has 3 nitrogen and oxygen atoms in total. The largest absolute Gasteiger partial charge is 0.466 e. The average Bonchev–Trinajstić information content (AvgIpc) is 2.72. The number of ether oxygens (including phenoxy) is 1. The molecule has 140 valence electrons. The van der Waals surface area contributed by atoms with Crippen LogP contribution in [0.1, 0.15) is 24.0 Å². The Hall–Kier alpha value is -2.36. The normalized spacial score (nSPS) is 15.3. The summed E-state index contributed by atoms with van der Waals surface area (Å²) in [5.74, 6) is -0.221. The predicted octanol–water partition coefficient (Wildman–Crippen LogP) is 4.97. The molecule has 0 amide bonds. The van der Waals surface area contributed by atoms with Gasteiger partial charge >= 0.3 is 5.97 Å². The van der Waals surface area contributed by atoms with Crippen molar-refractivity contribution in [1.29, 1.82) is 0 Å². The van der Waals surface area contributed by atoms with Gasteiger partial charge < -0.3 is 4.74 Å². The van der Waals surface area contributed by atoms with Crippen molar-refractivity contribution in [3.8, 4) is 0 Å². The molecule has 0 bridgehead atoms. The van der Waals surface area contributed by atoms with Crippen LogP contribution < -0.4 is 0 Å². The zero-order chi connectivity index (χ0) is 19.1. The maximum Gasteiger partial charge on any atom is 0.334 e. The summed E-state index contributed by atoms with van der Waals surface area (Å²) in [6, 6.07) is 18.3. The average molecular weight is 382 g/mol. The van der Waals surface area contributed by atoms with Gasteiger partial charge in [-0.2, -0.15) is 0 Å². The van der Waals surface area contributed by atoms with E-state index in [0.29, 0.717) is 6.54 Å². The first-order valence-corrected chi connectivity index (χ1v) is 9.56. The van der Waals surface area contributed by atoms with E-state index in [1.165, 1.54) is 18.2 Å². The van der Waals surface area contributed by atoms with Gasteiger partial charge in [0, 0.05) is 30.2 Å². The Morgan fingerprint density at radius 2 is 1.81 bits per heavy atom. The molecule has 0 N–H and O–H groups in total. The number of methoxy groups -OCH3 is 1. The van der Waals surface area contributed by atoms with Gasteiger partial charge in [0.1, 0.15) is 0 Å². The summed E-state index contributed by atoms with van der Waals surface area (Å²) in [5, 5.41) is 0.738. The third-order valence-corrected chi connectivity index (χ3v) is 4.96. The lowest BCUT2D eigenvalue weighted by Gasteiger charge is -2.25. The van der Waals surface area contributed by atoms with Crippen LogP contribution in [0.3, 0.4) is 0 Å². The smallest absolute Gasteiger partial charge is 0.334 e. The van der Waals surface area contributed by atoms with Gasteiger partial charge in [-0.15, -0.1) is 0 Å². The number of carbonyl (C=O) groups excluding carboxylic acids is 1. The number of halogens is 1. The van der Waals surface area contributed by atoms with Gasteiger partial charge in [-0.25, -0.2) is 4.79 Å². The highest BCUT2D eigenvalue weighted by atomic mass is 35.5. The second-order valence-corrected chi connectivity index (χ2v) is 7.00. The molecular weight excluding hydrogens is 358 g/mol. The summed E-state index contributed by atoms with van der Waals surface area (Å²) >= 11 is 6.05. The zero-order valence-electron chi connectivity index (χ0n) is 15.5. The summed E-state index contributed by atoms with van der Waals surface area (Å²) in [6.45, 7) is 2.52. The summed E-state index contributed by atoms with van der Waals surface area (Å²) in [6.07, 6.45) is 6.05. The number of hydrogen-bond donors (Lipinski definition) is 0. The molecule has 0 spiro atoms. The Bertz CT molecular complexity index is 825. The van der Waals surface area contributed by atoms with Gasteiger partial charge in [-0.1, -0.05) is 66.2 Å². The van der Waals surface area contributed by atoms with E-state index in [1.54, 1.807) is 0 Å². The van der Waals surface area contributed by atoms with Crippen LogP contribution in [-0.4, -0.2) is 37.6 Å². The molecule has 0 unspecified atom stereocenters. The fourth-order valence-electron chi connectivity index (χ4n) is 3.32. The number of nitrogens with zero attached hydrogens (tertiary/aromatic N) is 1. The molecule has 3 rings (SSSR count). The van der Waals surface area contributed by atoms with E-state index in [9.17, 15) is 4.79 Å². The maximum absolute atomic E-state index is 11.8. The molecule has 27 heavy (non-hydrogen) atoms. The summed E-state index contributed by atoms with van der Waals surface area (Å²) < 4.78 is 4.85. The standard InChI is InChI=1S/C23H24ClNO2/c1-27-23(26)20-9-5-15-25(17-20)16-6-10-22(18-7-3-2-4-8-18)19-11-13-21(24)14-12-19/h2-4,7-14H,5-6,15-17H2,1H3. The highest BCUT2D eigenvalue weighted by Gasteiger charge is 2.18. The molecule has 1 heterocycles. The van der Waals surface area contributed by atoms with E-state index in [1.807, 2.05) is 24.3 Å². The molecule has 1 aliphatic heterocycles. The van der Waals surface area contributed by atoms with Gasteiger partial charge in [0.25, 0.3) is 0 Å². The first-order valence-electron chi connectivity index (χ1n) is 9.18. The van der Waals surface area contributed by atoms with Crippen LogP contribution >= 0.6 is 11.6 Å². The van der Waals surface area contributed by atoms with Crippen LogP contribution in [-0.2, 0) is 9.53 Å². The van der Waals surface area contributed by atoms with Crippen molar-refractivity contribution in [2.24, 2.45) is 0 Å². The molecule has 0 aromatic heterocycles. The fourth-order valence-corrected chi connectivity index (χ4v) is 3.44. The molecule has 0 saturated carbocycles. The third-order valence-electron chi connectivity index (χ3n) is 4.71.